The minimum absolute atomic E-state index is 0.342. The van der Waals surface area contributed by atoms with Gasteiger partial charge in [0.15, 0.2) is 11.5 Å². The van der Waals surface area contributed by atoms with Crippen molar-refractivity contribution in [1.29, 1.82) is 0 Å². The summed E-state index contributed by atoms with van der Waals surface area (Å²) in [5, 5.41) is 11.4. The van der Waals surface area contributed by atoms with Crippen LogP contribution in [0.2, 0.25) is 0 Å². The van der Waals surface area contributed by atoms with Crippen LogP contribution in [0.3, 0.4) is 0 Å². The first-order valence-corrected chi connectivity index (χ1v) is 5.60. The molecule has 0 aliphatic carbocycles. The first-order valence-electron chi connectivity index (χ1n) is 5.60. The summed E-state index contributed by atoms with van der Waals surface area (Å²) < 4.78 is 5.35. The van der Waals surface area contributed by atoms with Crippen molar-refractivity contribution in [3.05, 3.63) is 29.7 Å². The highest BCUT2D eigenvalue weighted by Gasteiger charge is 2.11. The third kappa shape index (κ3) is 2.66. The third-order valence-electron chi connectivity index (χ3n) is 2.56. The molecule has 1 aromatic carbocycles. The maximum absolute atomic E-state index is 11.4. The van der Waals surface area contributed by atoms with Crippen LogP contribution in [0.4, 0.5) is 0 Å². The predicted octanol–water partition coefficient (Wildman–Crippen LogP) is 0.0720. The number of nitrogens with two attached hydrogens (primary N) is 1. The van der Waals surface area contributed by atoms with Crippen LogP contribution in [0.5, 0.6) is 0 Å². The number of nitrogens with zero attached hydrogens (tertiary/aromatic N) is 1. The monoisotopic (exact) mass is 249 g/mol. The molecule has 0 saturated carbocycles. The van der Waals surface area contributed by atoms with Gasteiger partial charge in [0.1, 0.15) is 11.6 Å². The second-order valence-electron chi connectivity index (χ2n) is 4.04. The Kier molecular flexibility index (Phi) is 3.59. The lowest BCUT2D eigenvalue weighted by Gasteiger charge is -2.09. The predicted molar refractivity (Wildman–Crippen MR) is 65.7 cm³/mol. The Hall–Kier alpha value is -1.92. The topological polar surface area (TPSA) is 101 Å². The molecule has 1 amide bonds. The third-order valence-corrected chi connectivity index (χ3v) is 2.56. The van der Waals surface area contributed by atoms with E-state index >= 15 is 0 Å². The molecule has 1 aromatic heterocycles. The van der Waals surface area contributed by atoms with E-state index in [4.69, 9.17) is 15.3 Å². The molecule has 1 atom stereocenters. The molecule has 2 rings (SSSR count). The number of hydrogen-bond acceptors (Lipinski definition) is 5. The van der Waals surface area contributed by atoms with E-state index in [0.29, 0.717) is 12.4 Å². The zero-order valence-electron chi connectivity index (χ0n) is 10.0. The number of aliphatic hydroxyl groups excluding tert-OH is 1. The van der Waals surface area contributed by atoms with Gasteiger partial charge < -0.3 is 20.6 Å². The molecular formula is C12H15N3O3. The molecule has 0 fully saturated rings. The van der Waals surface area contributed by atoms with Gasteiger partial charge in [-0.15, -0.1) is 0 Å². The zero-order valence-corrected chi connectivity index (χ0v) is 10.0. The summed E-state index contributed by atoms with van der Waals surface area (Å²) in [7, 11) is 0. The van der Waals surface area contributed by atoms with Gasteiger partial charge in [0.2, 0.25) is 5.91 Å². The Balaban J connectivity index is 2.05. The maximum Gasteiger partial charge on any atom is 0.239 e. The normalized spacial score (nSPS) is 12.6. The highest BCUT2D eigenvalue weighted by molar-refractivity contribution is 5.81. The molecule has 18 heavy (non-hydrogen) atoms. The molecule has 0 spiro atoms. The minimum atomic E-state index is -0.886. The Morgan fingerprint density at radius 1 is 1.61 bits per heavy atom. The summed E-state index contributed by atoms with van der Waals surface area (Å²) in [6, 6.07) is 4.61. The Labute approximate surface area is 104 Å². The first kappa shape index (κ1) is 12.5. The molecular weight excluding hydrogens is 234 g/mol. The molecule has 6 heteroatoms. The van der Waals surface area contributed by atoms with Gasteiger partial charge >= 0.3 is 0 Å². The fraction of sp³-hybridized carbons (Fsp3) is 0.333. The van der Waals surface area contributed by atoms with Crippen LogP contribution in [-0.4, -0.2) is 28.6 Å². The van der Waals surface area contributed by atoms with Gasteiger partial charge in [-0.05, 0) is 17.7 Å². The van der Waals surface area contributed by atoms with Crippen LogP contribution >= 0.6 is 0 Å². The highest BCUT2D eigenvalue weighted by atomic mass is 16.3. The van der Waals surface area contributed by atoms with Crippen LogP contribution in [0.15, 0.2) is 22.6 Å². The average molecular weight is 249 g/mol. The fourth-order valence-corrected chi connectivity index (χ4v) is 1.60. The van der Waals surface area contributed by atoms with Crippen molar-refractivity contribution >= 4 is 17.0 Å². The molecule has 96 valence electrons. The molecule has 1 unspecified atom stereocenters. The van der Waals surface area contributed by atoms with Crippen molar-refractivity contribution in [3.8, 4) is 0 Å². The number of aryl methyl sites for hydroxylation is 1. The summed E-state index contributed by atoms with van der Waals surface area (Å²) in [6.07, 6.45) is 0. The van der Waals surface area contributed by atoms with E-state index in [0.717, 1.165) is 16.7 Å². The Bertz CT molecular complexity index is 565. The standard InChI is InChI=1S/C12H15N3O3/c1-7-15-10-4-8(2-3-11(10)18-7)5-14-12(17)9(13)6-16/h2-4,9,16H,5-6,13H2,1H3,(H,14,17). The molecule has 0 bridgehead atoms. The number of aliphatic hydroxyl groups is 1. The largest absolute Gasteiger partial charge is 0.441 e. The van der Waals surface area contributed by atoms with E-state index < -0.39 is 6.04 Å². The lowest BCUT2D eigenvalue weighted by molar-refractivity contribution is -0.123. The molecule has 2 aromatic rings. The fourth-order valence-electron chi connectivity index (χ4n) is 1.60. The van der Waals surface area contributed by atoms with Gasteiger partial charge in [0.25, 0.3) is 0 Å². The van der Waals surface area contributed by atoms with Gasteiger partial charge in [-0.1, -0.05) is 6.07 Å². The highest BCUT2D eigenvalue weighted by Crippen LogP contribution is 2.16. The number of benzene rings is 1. The summed E-state index contributed by atoms with van der Waals surface area (Å²) in [6.45, 7) is 1.75. The summed E-state index contributed by atoms with van der Waals surface area (Å²) in [4.78, 5) is 15.6. The average Bonchev–Trinajstić information content (AvgIpc) is 2.74. The number of fused-ring (bicyclic) bond motifs is 1. The lowest BCUT2D eigenvalue weighted by Crippen LogP contribution is -2.42. The van der Waals surface area contributed by atoms with Gasteiger partial charge in [-0.25, -0.2) is 4.98 Å². The smallest absolute Gasteiger partial charge is 0.239 e. The quantitative estimate of drug-likeness (QED) is 0.712. The minimum Gasteiger partial charge on any atom is -0.441 e. The van der Waals surface area contributed by atoms with Crippen LogP contribution < -0.4 is 11.1 Å². The number of carbonyl (C=O) groups is 1. The Morgan fingerprint density at radius 2 is 2.39 bits per heavy atom. The second kappa shape index (κ2) is 5.16. The number of nitrogens with one attached hydrogen (secondary N) is 1. The maximum atomic E-state index is 11.4. The van der Waals surface area contributed by atoms with Gasteiger partial charge in [0.05, 0.1) is 6.61 Å². The number of hydrogen-bond donors (Lipinski definition) is 3. The summed E-state index contributed by atoms with van der Waals surface area (Å²) in [5.41, 5.74) is 7.76. The molecule has 1 heterocycles. The molecule has 6 nitrogen and oxygen atoms in total. The molecule has 4 N–H and O–H groups in total. The van der Waals surface area contributed by atoms with E-state index in [9.17, 15) is 4.79 Å². The second-order valence-corrected chi connectivity index (χ2v) is 4.04. The number of carbonyl (C=O) groups excluding carboxylic acids is 1. The van der Waals surface area contributed by atoms with Crippen molar-refractivity contribution < 1.29 is 14.3 Å². The van der Waals surface area contributed by atoms with Crippen molar-refractivity contribution in [2.75, 3.05) is 6.61 Å². The van der Waals surface area contributed by atoms with Gasteiger partial charge in [-0.3, -0.25) is 4.79 Å². The Morgan fingerprint density at radius 3 is 3.11 bits per heavy atom. The van der Waals surface area contributed by atoms with E-state index in [-0.39, 0.29) is 12.5 Å². The van der Waals surface area contributed by atoms with Gasteiger partial charge in [-0.2, -0.15) is 0 Å². The van der Waals surface area contributed by atoms with Crippen molar-refractivity contribution in [1.82, 2.24) is 10.3 Å². The molecule has 0 radical (unpaired) electrons. The number of oxazole rings is 1. The summed E-state index contributed by atoms with van der Waals surface area (Å²) >= 11 is 0. The molecule has 0 saturated heterocycles. The van der Waals surface area contributed by atoms with Crippen LogP contribution in [-0.2, 0) is 11.3 Å². The molecule has 0 aliphatic heterocycles. The first-order chi connectivity index (χ1) is 8.60. The van der Waals surface area contributed by atoms with E-state index in [1.807, 2.05) is 18.2 Å². The van der Waals surface area contributed by atoms with Crippen LogP contribution in [0, 0.1) is 6.92 Å². The van der Waals surface area contributed by atoms with E-state index in [2.05, 4.69) is 10.3 Å². The number of amides is 1. The van der Waals surface area contributed by atoms with Crippen molar-refractivity contribution in [2.24, 2.45) is 5.73 Å². The molecule has 0 aliphatic rings. The SMILES string of the molecule is Cc1nc2cc(CNC(=O)C(N)CO)ccc2o1. The van der Waals surface area contributed by atoms with Crippen molar-refractivity contribution in [2.45, 2.75) is 19.5 Å². The van der Waals surface area contributed by atoms with E-state index in [1.165, 1.54) is 0 Å². The van der Waals surface area contributed by atoms with Gasteiger partial charge in [0, 0.05) is 13.5 Å². The zero-order chi connectivity index (χ0) is 13.1. The number of aromatic nitrogens is 1. The lowest BCUT2D eigenvalue weighted by atomic mass is 10.2. The van der Waals surface area contributed by atoms with Crippen LogP contribution in [0.25, 0.3) is 11.1 Å². The van der Waals surface area contributed by atoms with Crippen LogP contribution in [0.1, 0.15) is 11.5 Å². The summed E-state index contributed by atoms with van der Waals surface area (Å²) in [5.74, 6) is 0.224. The van der Waals surface area contributed by atoms with Crippen molar-refractivity contribution in [3.63, 3.8) is 0 Å². The van der Waals surface area contributed by atoms with E-state index in [1.54, 1.807) is 6.92 Å². The number of rotatable bonds is 4.